The van der Waals surface area contributed by atoms with E-state index in [1.54, 1.807) is 59.4 Å². The lowest BCUT2D eigenvalue weighted by atomic mass is 9.83. The molecule has 0 unspecified atom stereocenters. The van der Waals surface area contributed by atoms with Crippen molar-refractivity contribution >= 4 is 45.2 Å². The average molecular weight is 909 g/mol. The second kappa shape index (κ2) is 14.1. The number of H-pyrrole nitrogens is 1. The lowest BCUT2D eigenvalue weighted by molar-refractivity contribution is -0.0592. The van der Waals surface area contributed by atoms with Gasteiger partial charge in [0.05, 0.1) is 51.5 Å². The van der Waals surface area contributed by atoms with Crippen molar-refractivity contribution in [1.29, 1.82) is 0 Å². The molecule has 3 aliphatic heterocycles. The summed E-state index contributed by atoms with van der Waals surface area (Å²) in [5, 5.41) is 14.8. The van der Waals surface area contributed by atoms with E-state index in [1.807, 2.05) is 29.4 Å². The smallest absolute Gasteiger partial charge is 0.376 e. The molecular formula is C50H50F2N10O5. The van der Waals surface area contributed by atoms with E-state index in [1.165, 1.54) is 16.7 Å². The van der Waals surface area contributed by atoms with Crippen molar-refractivity contribution in [1.82, 2.24) is 39.2 Å². The van der Waals surface area contributed by atoms with Crippen molar-refractivity contribution in [2.75, 3.05) is 23.0 Å². The minimum Gasteiger partial charge on any atom is -0.376 e. The summed E-state index contributed by atoms with van der Waals surface area (Å²) in [7, 11) is 1.74. The van der Waals surface area contributed by atoms with Gasteiger partial charge in [0.25, 0.3) is 5.91 Å². The van der Waals surface area contributed by atoms with Crippen LogP contribution in [0.15, 0.2) is 75.3 Å². The zero-order valence-corrected chi connectivity index (χ0v) is 38.6. The van der Waals surface area contributed by atoms with Crippen LogP contribution < -0.4 is 15.6 Å². The van der Waals surface area contributed by atoms with Gasteiger partial charge in [-0.2, -0.15) is 10.2 Å². The monoisotopic (exact) mass is 908 g/mol. The van der Waals surface area contributed by atoms with Crippen molar-refractivity contribution in [3.63, 3.8) is 0 Å². The summed E-state index contributed by atoms with van der Waals surface area (Å²) in [6.45, 7) is 14.5. The van der Waals surface area contributed by atoms with Gasteiger partial charge in [-0.1, -0.05) is 18.1 Å². The summed E-state index contributed by atoms with van der Waals surface area (Å²) in [4.78, 5) is 51.0. The summed E-state index contributed by atoms with van der Waals surface area (Å²) in [6.07, 6.45) is 4.16. The fourth-order valence-electron chi connectivity index (χ4n) is 11.7. The van der Waals surface area contributed by atoms with Crippen LogP contribution in [0.1, 0.15) is 110 Å². The second-order valence-electron chi connectivity index (χ2n) is 19.9. The quantitative estimate of drug-likeness (QED) is 0.167. The number of urea groups is 1. The van der Waals surface area contributed by atoms with E-state index < -0.39 is 35.2 Å². The molecule has 1 saturated carbocycles. The molecule has 7 aromatic rings. The minimum absolute atomic E-state index is 0.000475. The number of benzene rings is 3. The van der Waals surface area contributed by atoms with Crippen LogP contribution in [0.5, 0.6) is 0 Å². The highest BCUT2D eigenvalue weighted by Gasteiger charge is 2.60. The molecule has 0 bridgehead atoms. The van der Waals surface area contributed by atoms with Gasteiger partial charge < -0.3 is 14.2 Å². The van der Waals surface area contributed by atoms with Crippen LogP contribution in [-0.4, -0.2) is 75.9 Å². The van der Waals surface area contributed by atoms with Crippen molar-refractivity contribution in [3.8, 4) is 5.69 Å². The van der Waals surface area contributed by atoms with Crippen molar-refractivity contribution in [2.24, 2.45) is 13.0 Å². The topological polar surface area (TPSA) is 153 Å². The van der Waals surface area contributed by atoms with Gasteiger partial charge >= 0.3 is 11.8 Å². The van der Waals surface area contributed by atoms with Crippen LogP contribution >= 0.6 is 0 Å². The number of halogens is 2. The summed E-state index contributed by atoms with van der Waals surface area (Å²) in [5.74, 6) is -0.767. The molecule has 2 aliphatic carbocycles. The Morgan fingerprint density at radius 3 is 2.40 bits per heavy atom. The SMILES string of the molecule is CC1=C2[C@@H]1N(c1c3c(nn1-c1cc(C)c(F)c(C)c1)CCN(C(=O)c1cc4cc([C@H]5CCOC(C)(C)C5)ccc4n1[C@@]1(c4noc(=O)[nH]4)C[C@@H]1C)[C@H]3C)C(=O)N2c1ccc2c(cnn2C)c1F. The fourth-order valence-corrected chi connectivity index (χ4v) is 11.7. The Balaban J connectivity index is 0.993. The summed E-state index contributed by atoms with van der Waals surface area (Å²) in [5.41, 5.74) is 6.28. The largest absolute Gasteiger partial charge is 0.438 e. The number of hydrogen-bond acceptors (Lipinski definition) is 8. The van der Waals surface area contributed by atoms with E-state index in [0.717, 1.165) is 29.3 Å². The number of hydrogen-bond donors (Lipinski definition) is 1. The van der Waals surface area contributed by atoms with E-state index >= 15 is 18.4 Å². The van der Waals surface area contributed by atoms with E-state index in [2.05, 4.69) is 54.2 Å². The molecule has 67 heavy (non-hydrogen) atoms. The molecule has 17 heteroatoms. The molecular weight excluding hydrogens is 859 g/mol. The van der Waals surface area contributed by atoms with Crippen molar-refractivity contribution in [2.45, 2.75) is 103 Å². The Labute approximate surface area is 383 Å². The Morgan fingerprint density at radius 2 is 1.70 bits per heavy atom. The molecule has 3 aromatic carbocycles. The normalized spacial score (nSPS) is 24.3. The maximum atomic E-state index is 16.5. The molecule has 7 heterocycles. The third-order valence-corrected chi connectivity index (χ3v) is 15.3. The number of fused-ring (bicyclic) bond motifs is 4. The second-order valence-corrected chi connectivity index (χ2v) is 19.9. The summed E-state index contributed by atoms with van der Waals surface area (Å²) < 4.78 is 48.2. The highest BCUT2D eigenvalue weighted by Crippen LogP contribution is 2.57. The molecule has 2 saturated heterocycles. The molecule has 12 rings (SSSR count). The van der Waals surface area contributed by atoms with E-state index in [9.17, 15) is 4.79 Å². The Morgan fingerprint density at radius 1 is 0.955 bits per heavy atom. The molecule has 5 aliphatic rings. The molecule has 1 N–H and O–H groups in total. The van der Waals surface area contributed by atoms with Crippen LogP contribution in [0.2, 0.25) is 0 Å². The number of carbonyl (C=O) groups excluding carboxylic acids is 2. The number of anilines is 2. The van der Waals surface area contributed by atoms with E-state index in [4.69, 9.17) is 14.4 Å². The maximum absolute atomic E-state index is 16.5. The predicted molar refractivity (Wildman–Crippen MR) is 246 cm³/mol. The zero-order valence-electron chi connectivity index (χ0n) is 38.6. The zero-order chi connectivity index (χ0) is 46.7. The van der Waals surface area contributed by atoms with Crippen LogP contribution in [0.25, 0.3) is 27.5 Å². The molecule has 344 valence electrons. The van der Waals surface area contributed by atoms with Crippen LogP contribution in [-0.2, 0) is 23.7 Å². The molecule has 3 fully saturated rings. The molecule has 0 spiro atoms. The van der Waals surface area contributed by atoms with Crippen LogP contribution in [0, 0.1) is 31.4 Å². The highest BCUT2D eigenvalue weighted by atomic mass is 19.1. The first-order valence-corrected chi connectivity index (χ1v) is 23.0. The van der Waals surface area contributed by atoms with Crippen LogP contribution in [0.4, 0.5) is 25.1 Å². The third kappa shape index (κ3) is 5.88. The summed E-state index contributed by atoms with van der Waals surface area (Å²) >= 11 is 0. The molecule has 3 amide bonds. The van der Waals surface area contributed by atoms with E-state index in [-0.39, 0.29) is 34.8 Å². The van der Waals surface area contributed by atoms with Gasteiger partial charge in [-0.15, -0.1) is 0 Å². The number of aromatic amines is 1. The van der Waals surface area contributed by atoms with Crippen LogP contribution in [0.3, 0.4) is 0 Å². The number of ether oxygens (including phenoxy) is 1. The standard InChI is InChI=1S/C50H50F2N10O5/c1-24-17-32(18-25(2)40(24)51)62-44(60-43-27(4)42(43)59(48(60)65)37-12-11-36-33(41(37)52)23-53-57(36)8)39-28(5)58(15-13-34(39)55-62)45(63)38-20-31-19-29(30-14-16-66-49(6,7)22-30)9-10-35(31)61(38)50(21-26(50)3)46-54-47(64)67-56-46/h9-12,17-20,23,26,28,30,43H,13-16,21-22H2,1-8H3,(H,54,56,64)/t26-,28-,30-,43+,50-/m0/s1. The predicted octanol–water partition coefficient (Wildman–Crippen LogP) is 8.60. The molecule has 5 atom stereocenters. The lowest BCUT2D eigenvalue weighted by Crippen LogP contribution is -2.42. The van der Waals surface area contributed by atoms with Gasteiger partial charge in [-0.3, -0.25) is 28.8 Å². The fraction of sp³-hybridized carbons (Fsp3) is 0.400. The van der Waals surface area contributed by atoms with Gasteiger partial charge in [0.2, 0.25) is 0 Å². The van der Waals surface area contributed by atoms with Gasteiger partial charge in [0.15, 0.2) is 11.6 Å². The highest BCUT2D eigenvalue weighted by molar-refractivity contribution is 6.15. The number of rotatable bonds is 7. The maximum Gasteiger partial charge on any atom is 0.438 e. The number of amides is 3. The minimum atomic E-state index is -0.856. The lowest BCUT2D eigenvalue weighted by Gasteiger charge is -2.36. The number of aromatic nitrogens is 7. The van der Waals surface area contributed by atoms with Gasteiger partial charge in [0, 0.05) is 43.1 Å². The number of aryl methyl sites for hydroxylation is 3. The third-order valence-electron chi connectivity index (χ3n) is 15.3. The average Bonchev–Trinajstić information content (AvgIpc) is 3.69. The van der Waals surface area contributed by atoms with Gasteiger partial charge in [-0.25, -0.2) is 23.1 Å². The molecule has 4 aromatic heterocycles. The first-order valence-electron chi connectivity index (χ1n) is 23.0. The van der Waals surface area contributed by atoms with E-state index in [0.29, 0.717) is 88.0 Å². The number of carbonyl (C=O) groups is 2. The van der Waals surface area contributed by atoms with Crippen molar-refractivity contribution in [3.05, 3.63) is 128 Å². The first kappa shape index (κ1) is 41.5. The molecule has 15 nitrogen and oxygen atoms in total. The molecule has 0 radical (unpaired) electrons. The summed E-state index contributed by atoms with van der Waals surface area (Å²) in [6, 6.07) is 13.5. The van der Waals surface area contributed by atoms with Crippen molar-refractivity contribution < 1.29 is 27.6 Å². The number of nitrogens with zero attached hydrogens (tertiary/aromatic N) is 9. The first-order chi connectivity index (χ1) is 32.0. The van der Waals surface area contributed by atoms with Gasteiger partial charge in [0.1, 0.15) is 28.9 Å². The Kier molecular flexibility index (Phi) is 8.73. The Bertz CT molecular complexity index is 3390. The Hall–Kier alpha value is -6.88. The number of nitrogens with one attached hydrogen (secondary N) is 1. The van der Waals surface area contributed by atoms with Gasteiger partial charge in [-0.05, 0) is 137 Å².